The van der Waals surface area contributed by atoms with Gasteiger partial charge in [0.25, 0.3) is 0 Å². The van der Waals surface area contributed by atoms with Gasteiger partial charge in [0.1, 0.15) is 17.8 Å². The molecule has 1 N–H and O–H groups in total. The summed E-state index contributed by atoms with van der Waals surface area (Å²) in [7, 11) is 0. The van der Waals surface area contributed by atoms with E-state index in [9.17, 15) is 4.79 Å². The van der Waals surface area contributed by atoms with Crippen molar-refractivity contribution in [3.63, 3.8) is 0 Å². The number of hydrogen-bond donors (Lipinski definition) is 1. The van der Waals surface area contributed by atoms with Gasteiger partial charge in [-0.3, -0.25) is 9.69 Å². The summed E-state index contributed by atoms with van der Waals surface area (Å²) < 4.78 is 7.66. The fourth-order valence-electron chi connectivity index (χ4n) is 4.03. The number of rotatable bonds is 6. The van der Waals surface area contributed by atoms with Gasteiger partial charge in [0, 0.05) is 52.2 Å². The molecule has 28 heavy (non-hydrogen) atoms. The number of nitrogens with zero attached hydrogens (tertiary/aromatic N) is 4. The Bertz CT molecular complexity index is 813. The third kappa shape index (κ3) is 4.59. The van der Waals surface area contributed by atoms with E-state index in [0.29, 0.717) is 19.6 Å². The number of carbonyl (C=O) groups is 1. The van der Waals surface area contributed by atoms with Gasteiger partial charge < -0.3 is 14.6 Å². The number of benzene rings is 1. The first-order chi connectivity index (χ1) is 13.7. The Morgan fingerprint density at radius 3 is 3.04 bits per heavy atom. The van der Waals surface area contributed by atoms with Crippen molar-refractivity contribution in [3.8, 4) is 0 Å². The first-order valence-corrected chi connectivity index (χ1v) is 10.3. The lowest BCUT2D eigenvalue weighted by Crippen LogP contribution is -2.35. The van der Waals surface area contributed by atoms with E-state index in [1.807, 2.05) is 0 Å². The molecule has 3 heterocycles. The van der Waals surface area contributed by atoms with Crippen LogP contribution in [0.25, 0.3) is 0 Å². The normalized spacial score (nSPS) is 20.0. The van der Waals surface area contributed by atoms with Crippen molar-refractivity contribution in [3.05, 3.63) is 47.0 Å². The zero-order valence-corrected chi connectivity index (χ0v) is 16.6. The van der Waals surface area contributed by atoms with Gasteiger partial charge in [-0.25, -0.2) is 0 Å². The SMILES string of the molecule is Cc1cccc(CN2CCc3nnc(CCNC(=O)[C@@H]4CCCO4)n3CC2)c1. The van der Waals surface area contributed by atoms with Gasteiger partial charge in [0.2, 0.25) is 5.91 Å². The summed E-state index contributed by atoms with van der Waals surface area (Å²) >= 11 is 0. The van der Waals surface area contributed by atoms with Crippen molar-refractivity contribution in [1.29, 1.82) is 0 Å². The fourth-order valence-corrected chi connectivity index (χ4v) is 4.03. The van der Waals surface area contributed by atoms with Crippen LogP contribution in [0.3, 0.4) is 0 Å². The Hall–Kier alpha value is -2.25. The van der Waals surface area contributed by atoms with Crippen LogP contribution in [0.5, 0.6) is 0 Å². The Kier molecular flexibility index (Phi) is 6.02. The number of fused-ring (bicyclic) bond motifs is 1. The van der Waals surface area contributed by atoms with Crippen LogP contribution in [-0.2, 0) is 35.5 Å². The van der Waals surface area contributed by atoms with Crippen molar-refractivity contribution in [2.45, 2.75) is 51.8 Å². The summed E-state index contributed by atoms with van der Waals surface area (Å²) in [5.41, 5.74) is 2.66. The zero-order valence-electron chi connectivity index (χ0n) is 16.6. The van der Waals surface area contributed by atoms with Gasteiger partial charge in [0.05, 0.1) is 0 Å². The number of aromatic nitrogens is 3. The van der Waals surface area contributed by atoms with Gasteiger partial charge in [0.15, 0.2) is 0 Å². The quantitative estimate of drug-likeness (QED) is 0.818. The minimum absolute atomic E-state index is 0.00238. The molecule has 2 aliphatic heterocycles. The van der Waals surface area contributed by atoms with E-state index >= 15 is 0 Å². The van der Waals surface area contributed by atoms with E-state index in [0.717, 1.165) is 57.1 Å². The Morgan fingerprint density at radius 1 is 1.29 bits per heavy atom. The molecule has 7 nitrogen and oxygen atoms in total. The minimum atomic E-state index is -0.273. The van der Waals surface area contributed by atoms with Crippen LogP contribution in [0.15, 0.2) is 24.3 Å². The lowest BCUT2D eigenvalue weighted by Gasteiger charge is -2.20. The van der Waals surface area contributed by atoms with Crippen molar-refractivity contribution in [2.75, 3.05) is 26.2 Å². The molecule has 0 bridgehead atoms. The molecule has 0 saturated carbocycles. The predicted octanol–water partition coefficient (Wildman–Crippen LogP) is 1.48. The highest BCUT2D eigenvalue weighted by atomic mass is 16.5. The highest BCUT2D eigenvalue weighted by molar-refractivity contribution is 5.80. The number of amides is 1. The summed E-state index contributed by atoms with van der Waals surface area (Å²) in [5.74, 6) is 2.00. The third-order valence-electron chi connectivity index (χ3n) is 5.55. The average molecular weight is 383 g/mol. The lowest BCUT2D eigenvalue weighted by atomic mass is 10.1. The zero-order chi connectivity index (χ0) is 19.3. The maximum atomic E-state index is 12.1. The standard InChI is InChI=1S/C21H29N5O2/c1-16-4-2-5-17(14-16)15-25-10-8-20-24-23-19(26(20)12-11-25)7-9-22-21(27)18-6-3-13-28-18/h2,4-5,14,18H,3,6-13,15H2,1H3,(H,22,27)/t18-/m0/s1. The summed E-state index contributed by atoms with van der Waals surface area (Å²) in [6.07, 6.45) is 3.12. The molecule has 2 aliphatic rings. The molecule has 1 atom stereocenters. The smallest absolute Gasteiger partial charge is 0.249 e. The minimum Gasteiger partial charge on any atom is -0.368 e. The van der Waals surface area contributed by atoms with Crippen LogP contribution in [0.2, 0.25) is 0 Å². The molecule has 1 amide bonds. The van der Waals surface area contributed by atoms with Gasteiger partial charge in [-0.05, 0) is 25.3 Å². The molecule has 0 radical (unpaired) electrons. The molecule has 4 rings (SSSR count). The van der Waals surface area contributed by atoms with Crippen molar-refractivity contribution < 1.29 is 9.53 Å². The van der Waals surface area contributed by atoms with Crippen LogP contribution in [-0.4, -0.2) is 57.9 Å². The molecular weight excluding hydrogens is 354 g/mol. The summed E-state index contributed by atoms with van der Waals surface area (Å²) in [6, 6.07) is 8.71. The van der Waals surface area contributed by atoms with E-state index in [2.05, 4.69) is 56.2 Å². The third-order valence-corrected chi connectivity index (χ3v) is 5.55. The van der Waals surface area contributed by atoms with Crippen molar-refractivity contribution in [2.24, 2.45) is 0 Å². The molecule has 0 unspecified atom stereocenters. The molecule has 2 aromatic rings. The number of nitrogens with one attached hydrogen (secondary N) is 1. The van der Waals surface area contributed by atoms with Crippen molar-refractivity contribution in [1.82, 2.24) is 25.0 Å². The van der Waals surface area contributed by atoms with E-state index in [4.69, 9.17) is 4.74 Å². The van der Waals surface area contributed by atoms with Crippen molar-refractivity contribution >= 4 is 5.91 Å². The topological polar surface area (TPSA) is 72.3 Å². The maximum absolute atomic E-state index is 12.1. The van der Waals surface area contributed by atoms with Gasteiger partial charge in [-0.1, -0.05) is 29.8 Å². The van der Waals surface area contributed by atoms with E-state index in [-0.39, 0.29) is 12.0 Å². The predicted molar refractivity (Wildman–Crippen MR) is 106 cm³/mol. The molecule has 1 aromatic heterocycles. The van der Waals surface area contributed by atoms with Crippen LogP contribution in [0, 0.1) is 6.92 Å². The van der Waals surface area contributed by atoms with E-state index in [1.54, 1.807) is 0 Å². The Balaban J connectivity index is 1.30. The van der Waals surface area contributed by atoms with E-state index in [1.165, 1.54) is 11.1 Å². The lowest BCUT2D eigenvalue weighted by molar-refractivity contribution is -0.130. The van der Waals surface area contributed by atoms with Gasteiger partial charge in [-0.2, -0.15) is 0 Å². The van der Waals surface area contributed by atoms with Crippen LogP contribution < -0.4 is 5.32 Å². The van der Waals surface area contributed by atoms with Gasteiger partial charge in [-0.15, -0.1) is 10.2 Å². The fraction of sp³-hybridized carbons (Fsp3) is 0.571. The number of aryl methyl sites for hydroxylation is 1. The van der Waals surface area contributed by atoms with Gasteiger partial charge >= 0.3 is 0 Å². The number of hydrogen-bond acceptors (Lipinski definition) is 5. The summed E-state index contributed by atoms with van der Waals surface area (Å²) in [6.45, 7) is 7.22. The van der Waals surface area contributed by atoms with Crippen LogP contribution >= 0.6 is 0 Å². The summed E-state index contributed by atoms with van der Waals surface area (Å²) in [5, 5.41) is 11.7. The number of carbonyl (C=O) groups excluding carboxylic acids is 1. The second-order valence-corrected chi connectivity index (χ2v) is 7.74. The van der Waals surface area contributed by atoms with Crippen LogP contribution in [0.4, 0.5) is 0 Å². The second-order valence-electron chi connectivity index (χ2n) is 7.74. The Morgan fingerprint density at radius 2 is 2.21 bits per heavy atom. The number of ether oxygens (including phenoxy) is 1. The molecule has 150 valence electrons. The molecular formula is C21H29N5O2. The molecule has 1 saturated heterocycles. The van der Waals surface area contributed by atoms with Crippen LogP contribution in [0.1, 0.15) is 35.6 Å². The molecule has 1 fully saturated rings. The molecule has 0 aliphatic carbocycles. The molecule has 1 aromatic carbocycles. The maximum Gasteiger partial charge on any atom is 0.249 e. The monoisotopic (exact) mass is 383 g/mol. The second kappa shape index (κ2) is 8.84. The highest BCUT2D eigenvalue weighted by Crippen LogP contribution is 2.14. The van der Waals surface area contributed by atoms with E-state index < -0.39 is 0 Å². The molecule has 0 spiro atoms. The first kappa shape index (κ1) is 19.1. The highest BCUT2D eigenvalue weighted by Gasteiger charge is 2.23. The summed E-state index contributed by atoms with van der Waals surface area (Å²) in [4.78, 5) is 14.6. The largest absolute Gasteiger partial charge is 0.368 e. The average Bonchev–Trinajstić information content (AvgIpc) is 3.30. The molecule has 7 heteroatoms. The first-order valence-electron chi connectivity index (χ1n) is 10.3. The Labute approximate surface area is 166 Å².